The Bertz CT molecular complexity index is 1390. The minimum Gasteiger partial charge on any atom is -0.354 e. The van der Waals surface area contributed by atoms with Gasteiger partial charge in [-0.3, -0.25) is 14.6 Å². The van der Waals surface area contributed by atoms with Crippen molar-refractivity contribution in [3.63, 3.8) is 0 Å². The van der Waals surface area contributed by atoms with Gasteiger partial charge in [-0.1, -0.05) is 36.4 Å². The highest BCUT2D eigenvalue weighted by Crippen LogP contribution is 2.47. The van der Waals surface area contributed by atoms with Crippen LogP contribution in [0.15, 0.2) is 72.1 Å². The summed E-state index contributed by atoms with van der Waals surface area (Å²) in [6, 6.07) is 17.4. The van der Waals surface area contributed by atoms with Gasteiger partial charge in [-0.25, -0.2) is 5.43 Å². The van der Waals surface area contributed by atoms with Crippen LogP contribution in [0, 0.1) is 5.92 Å². The van der Waals surface area contributed by atoms with Gasteiger partial charge in [-0.15, -0.1) is 0 Å². The molecule has 1 saturated carbocycles. The average Bonchev–Trinajstić information content (AvgIpc) is 3.57. The van der Waals surface area contributed by atoms with E-state index in [0.29, 0.717) is 11.3 Å². The van der Waals surface area contributed by atoms with Gasteiger partial charge in [0.15, 0.2) is 0 Å². The molecule has 32 heavy (non-hydrogen) atoms. The number of carbonyl (C=O) groups is 2. The highest BCUT2D eigenvalue weighted by molar-refractivity contribution is 6.18. The van der Waals surface area contributed by atoms with E-state index in [1.165, 1.54) is 0 Å². The van der Waals surface area contributed by atoms with Crippen LogP contribution in [0.5, 0.6) is 0 Å². The van der Waals surface area contributed by atoms with E-state index in [4.69, 9.17) is 0 Å². The van der Waals surface area contributed by atoms with E-state index in [1.54, 1.807) is 18.5 Å². The summed E-state index contributed by atoms with van der Waals surface area (Å²) in [7, 11) is 0. The molecule has 2 atom stereocenters. The number of benzene rings is 2. The molecule has 0 radical (unpaired) electrons. The van der Waals surface area contributed by atoms with E-state index in [0.717, 1.165) is 39.7 Å². The van der Waals surface area contributed by atoms with Gasteiger partial charge in [-0.05, 0) is 41.7 Å². The van der Waals surface area contributed by atoms with Gasteiger partial charge in [0.05, 0.1) is 17.5 Å². The van der Waals surface area contributed by atoms with Gasteiger partial charge in [0, 0.05) is 40.5 Å². The maximum atomic E-state index is 12.9. The lowest BCUT2D eigenvalue weighted by atomic mass is 10.0. The topological polar surface area (TPSA) is 99.2 Å². The van der Waals surface area contributed by atoms with Gasteiger partial charge in [0.1, 0.15) is 0 Å². The molecule has 2 unspecified atom stereocenters. The predicted octanol–water partition coefficient (Wildman–Crippen LogP) is 4.05. The maximum absolute atomic E-state index is 12.9. The van der Waals surface area contributed by atoms with Crippen LogP contribution in [0.1, 0.15) is 33.8 Å². The van der Waals surface area contributed by atoms with Crippen molar-refractivity contribution in [1.29, 1.82) is 0 Å². The molecule has 0 spiro atoms. The van der Waals surface area contributed by atoms with Crippen LogP contribution in [0.25, 0.3) is 22.2 Å². The van der Waals surface area contributed by atoms with Crippen LogP contribution in [0.3, 0.4) is 0 Å². The molecule has 3 N–H and O–H groups in total. The van der Waals surface area contributed by atoms with Crippen molar-refractivity contribution < 1.29 is 9.59 Å². The molecule has 3 heterocycles. The van der Waals surface area contributed by atoms with Crippen LogP contribution in [0.2, 0.25) is 0 Å². The molecule has 156 valence electrons. The Morgan fingerprint density at radius 1 is 1.09 bits per heavy atom. The molecule has 2 aliphatic rings. The zero-order valence-corrected chi connectivity index (χ0v) is 17.0. The lowest BCUT2D eigenvalue weighted by Crippen LogP contribution is -2.18. The lowest BCUT2D eigenvalue weighted by Gasteiger charge is -2.08. The summed E-state index contributed by atoms with van der Waals surface area (Å²) in [6.45, 7) is 0. The number of nitrogens with one attached hydrogen (secondary N) is 3. The molecule has 2 aromatic carbocycles. The van der Waals surface area contributed by atoms with Crippen LogP contribution in [0.4, 0.5) is 5.69 Å². The normalized spacial score (nSPS) is 18.8. The van der Waals surface area contributed by atoms with Gasteiger partial charge in [0.25, 0.3) is 5.91 Å². The molecule has 7 heteroatoms. The number of hydrazone groups is 1. The monoisotopic (exact) mass is 421 g/mol. The van der Waals surface area contributed by atoms with E-state index in [2.05, 4.69) is 25.8 Å². The second-order valence-electron chi connectivity index (χ2n) is 8.15. The van der Waals surface area contributed by atoms with Gasteiger partial charge < -0.3 is 10.3 Å². The Kier molecular flexibility index (Phi) is 4.14. The summed E-state index contributed by atoms with van der Waals surface area (Å²) in [5.41, 5.74) is 8.18. The molecular weight excluding hydrogens is 402 g/mol. The zero-order chi connectivity index (χ0) is 21.7. The van der Waals surface area contributed by atoms with E-state index in [9.17, 15) is 9.59 Å². The number of aromatic amines is 1. The minimum absolute atomic E-state index is 0.0502. The van der Waals surface area contributed by atoms with Crippen molar-refractivity contribution in [2.75, 3.05) is 5.32 Å². The van der Waals surface area contributed by atoms with Crippen molar-refractivity contribution in [2.24, 2.45) is 11.0 Å². The number of H-pyrrole nitrogens is 1. The molecule has 1 aliphatic heterocycles. The van der Waals surface area contributed by atoms with Crippen molar-refractivity contribution in [2.45, 2.75) is 12.3 Å². The zero-order valence-electron chi connectivity index (χ0n) is 17.0. The van der Waals surface area contributed by atoms with E-state index in [1.807, 2.05) is 54.7 Å². The first kappa shape index (κ1) is 18.5. The number of pyridine rings is 1. The maximum Gasteiger partial charge on any atom is 0.272 e. The molecule has 2 aromatic heterocycles. The third-order valence-electron chi connectivity index (χ3n) is 6.11. The molecule has 2 amide bonds. The molecule has 1 fully saturated rings. The summed E-state index contributed by atoms with van der Waals surface area (Å²) < 4.78 is 0. The smallest absolute Gasteiger partial charge is 0.272 e. The number of amides is 2. The molecule has 0 saturated heterocycles. The Labute approximate surface area is 183 Å². The number of hydrogen-bond donors (Lipinski definition) is 3. The summed E-state index contributed by atoms with van der Waals surface area (Å²) in [5.74, 6) is -0.261. The second kappa shape index (κ2) is 7.16. The first-order valence-electron chi connectivity index (χ1n) is 10.5. The Morgan fingerprint density at radius 2 is 1.97 bits per heavy atom. The Balaban J connectivity index is 1.36. The van der Waals surface area contributed by atoms with Crippen LogP contribution < -0.4 is 10.7 Å². The third kappa shape index (κ3) is 3.06. The van der Waals surface area contributed by atoms with Gasteiger partial charge in [-0.2, -0.15) is 5.10 Å². The summed E-state index contributed by atoms with van der Waals surface area (Å²) in [6.07, 6.45) is 6.00. The van der Waals surface area contributed by atoms with Gasteiger partial charge in [0.2, 0.25) is 5.91 Å². The quantitative estimate of drug-likeness (QED) is 0.464. The predicted molar refractivity (Wildman–Crippen MR) is 123 cm³/mol. The molecular formula is C25H19N5O2. The fourth-order valence-corrected chi connectivity index (χ4v) is 4.47. The fourth-order valence-electron chi connectivity index (χ4n) is 4.47. The molecule has 0 bridgehead atoms. The SMILES string of the molecule is O=C1NN=Cc2c(-c3ccccc3)[nH]c3cc(NC(=O)C4CC4c4cccnc4)cc1c23. The number of hydrogen-bond acceptors (Lipinski definition) is 4. The van der Waals surface area contributed by atoms with Crippen LogP contribution in [-0.2, 0) is 4.79 Å². The van der Waals surface area contributed by atoms with Crippen LogP contribution >= 0.6 is 0 Å². The number of nitrogens with zero attached hydrogens (tertiary/aromatic N) is 2. The lowest BCUT2D eigenvalue weighted by molar-refractivity contribution is -0.117. The molecule has 4 aromatic rings. The summed E-state index contributed by atoms with van der Waals surface area (Å²) in [4.78, 5) is 33.2. The van der Waals surface area contributed by atoms with Crippen molar-refractivity contribution in [3.05, 3.63) is 83.7 Å². The number of rotatable bonds is 4. The number of anilines is 1. The number of aromatic nitrogens is 2. The second-order valence-corrected chi connectivity index (χ2v) is 8.15. The highest BCUT2D eigenvalue weighted by Gasteiger charge is 2.44. The van der Waals surface area contributed by atoms with Crippen molar-refractivity contribution >= 4 is 34.6 Å². The summed E-state index contributed by atoms with van der Waals surface area (Å²) in [5, 5.41) is 7.88. The Morgan fingerprint density at radius 3 is 2.78 bits per heavy atom. The highest BCUT2D eigenvalue weighted by atomic mass is 16.2. The standard InChI is InChI=1S/C25H19N5O2/c31-24(18-11-17(18)15-7-4-8-26-12-15)28-16-9-19-22-20(13-27-30-25(19)32)23(29-21(22)10-16)14-5-2-1-3-6-14/h1-10,12-13,17-18,29H,11H2,(H,28,31)(H,30,32). The van der Waals surface area contributed by atoms with Crippen molar-refractivity contribution in [1.82, 2.24) is 15.4 Å². The Hall–Kier alpha value is -4.26. The first-order chi connectivity index (χ1) is 15.7. The van der Waals surface area contributed by atoms with E-state index < -0.39 is 0 Å². The molecule has 6 rings (SSSR count). The van der Waals surface area contributed by atoms with Gasteiger partial charge >= 0.3 is 0 Å². The number of carbonyl (C=O) groups excluding carboxylic acids is 2. The van der Waals surface area contributed by atoms with E-state index in [-0.39, 0.29) is 23.7 Å². The minimum atomic E-state index is -0.306. The average molecular weight is 421 g/mol. The first-order valence-corrected chi connectivity index (χ1v) is 10.5. The van der Waals surface area contributed by atoms with E-state index >= 15 is 0 Å². The van der Waals surface area contributed by atoms with Crippen molar-refractivity contribution in [3.8, 4) is 11.3 Å². The molecule has 7 nitrogen and oxygen atoms in total. The molecule has 1 aliphatic carbocycles. The van der Waals surface area contributed by atoms with Crippen LogP contribution in [-0.4, -0.2) is 28.0 Å². The third-order valence-corrected chi connectivity index (χ3v) is 6.11. The fraction of sp³-hybridized carbons (Fsp3) is 0.120. The largest absolute Gasteiger partial charge is 0.354 e. The summed E-state index contributed by atoms with van der Waals surface area (Å²) >= 11 is 0.